The van der Waals surface area contributed by atoms with Crippen LogP contribution in [0.5, 0.6) is 0 Å². The van der Waals surface area contributed by atoms with Crippen molar-refractivity contribution in [3.63, 3.8) is 0 Å². The first-order chi connectivity index (χ1) is 8.49. The first kappa shape index (κ1) is 12.5. The quantitative estimate of drug-likeness (QED) is 0.853. The van der Waals surface area contributed by atoms with E-state index in [-0.39, 0.29) is 18.4 Å². The van der Waals surface area contributed by atoms with Crippen molar-refractivity contribution in [1.29, 1.82) is 0 Å². The Bertz CT molecular complexity index is 487. The number of carbonyl (C=O) groups excluding carboxylic acids is 1. The van der Waals surface area contributed by atoms with E-state index < -0.39 is 11.9 Å². The number of rotatable bonds is 2. The fourth-order valence-corrected chi connectivity index (χ4v) is 2.31. The second kappa shape index (κ2) is 4.76. The van der Waals surface area contributed by atoms with Crippen LogP contribution in [0, 0.1) is 18.8 Å². The van der Waals surface area contributed by atoms with Gasteiger partial charge in [-0.15, -0.1) is 0 Å². The molecule has 0 spiro atoms. The average molecular weight is 248 g/mol. The van der Waals surface area contributed by atoms with E-state index in [0.29, 0.717) is 12.1 Å². The summed E-state index contributed by atoms with van der Waals surface area (Å²) in [6.07, 6.45) is 3.21. The van der Waals surface area contributed by atoms with Crippen molar-refractivity contribution in [3.8, 4) is 0 Å². The Hall–Kier alpha value is -1.91. The highest BCUT2D eigenvalue weighted by atomic mass is 16.4. The monoisotopic (exact) mass is 248 g/mol. The molecule has 1 aromatic rings. The molecule has 1 fully saturated rings. The van der Waals surface area contributed by atoms with Gasteiger partial charge in [0.2, 0.25) is 0 Å². The summed E-state index contributed by atoms with van der Waals surface area (Å²) in [6, 6.07) is 1.77. The first-order valence-corrected chi connectivity index (χ1v) is 5.92. The van der Waals surface area contributed by atoms with Crippen LogP contribution < -0.4 is 0 Å². The van der Waals surface area contributed by atoms with Crippen LogP contribution in [0.25, 0.3) is 0 Å². The van der Waals surface area contributed by atoms with Crippen LogP contribution >= 0.6 is 0 Å². The van der Waals surface area contributed by atoms with Crippen LogP contribution in [0.15, 0.2) is 18.5 Å². The molecule has 5 heteroatoms. The van der Waals surface area contributed by atoms with Gasteiger partial charge in [0.25, 0.3) is 5.91 Å². The molecule has 2 heterocycles. The van der Waals surface area contributed by atoms with Crippen LogP contribution in [0.4, 0.5) is 0 Å². The van der Waals surface area contributed by atoms with Gasteiger partial charge in [-0.05, 0) is 24.5 Å². The standard InChI is InChI=1S/C13H16N2O3/c1-8-3-10(5-14-4-8)12(16)15-6-9(2)11(7-15)13(17)18/h3-5,9,11H,6-7H2,1-2H3,(H,17,18)/t9-,11-/m1/s1. The van der Waals surface area contributed by atoms with E-state index in [1.807, 2.05) is 13.8 Å². The van der Waals surface area contributed by atoms with Crippen LogP contribution in [0.3, 0.4) is 0 Å². The molecular formula is C13H16N2O3. The fourth-order valence-electron chi connectivity index (χ4n) is 2.31. The molecule has 1 amide bonds. The van der Waals surface area contributed by atoms with Gasteiger partial charge in [-0.2, -0.15) is 0 Å². The van der Waals surface area contributed by atoms with Crippen LogP contribution in [0.2, 0.25) is 0 Å². The number of nitrogens with zero attached hydrogens (tertiary/aromatic N) is 2. The van der Waals surface area contributed by atoms with E-state index >= 15 is 0 Å². The van der Waals surface area contributed by atoms with Crippen molar-refractivity contribution in [2.45, 2.75) is 13.8 Å². The second-order valence-electron chi connectivity index (χ2n) is 4.88. The molecular weight excluding hydrogens is 232 g/mol. The molecule has 1 saturated heterocycles. The molecule has 96 valence electrons. The molecule has 0 bridgehead atoms. The lowest BCUT2D eigenvalue weighted by atomic mass is 9.99. The largest absolute Gasteiger partial charge is 0.481 e. The number of pyridine rings is 1. The molecule has 5 nitrogen and oxygen atoms in total. The molecule has 2 atom stereocenters. The number of hydrogen-bond acceptors (Lipinski definition) is 3. The van der Waals surface area contributed by atoms with Crippen molar-refractivity contribution >= 4 is 11.9 Å². The number of aliphatic carboxylic acids is 1. The summed E-state index contributed by atoms with van der Waals surface area (Å²) >= 11 is 0. The lowest BCUT2D eigenvalue weighted by molar-refractivity contribution is -0.142. The Morgan fingerprint density at radius 3 is 2.67 bits per heavy atom. The molecule has 1 N–H and O–H groups in total. The highest BCUT2D eigenvalue weighted by molar-refractivity contribution is 5.94. The molecule has 0 radical (unpaired) electrons. The molecule has 0 unspecified atom stereocenters. The molecule has 1 aliphatic heterocycles. The van der Waals surface area contributed by atoms with Crippen molar-refractivity contribution in [1.82, 2.24) is 9.88 Å². The molecule has 1 aliphatic rings. The Morgan fingerprint density at radius 2 is 2.11 bits per heavy atom. The summed E-state index contributed by atoms with van der Waals surface area (Å²) in [5, 5.41) is 9.05. The topological polar surface area (TPSA) is 70.5 Å². The summed E-state index contributed by atoms with van der Waals surface area (Å²) in [7, 11) is 0. The summed E-state index contributed by atoms with van der Waals surface area (Å²) in [4.78, 5) is 28.8. The van der Waals surface area contributed by atoms with E-state index in [2.05, 4.69) is 4.98 Å². The van der Waals surface area contributed by atoms with Crippen LogP contribution in [-0.4, -0.2) is 40.0 Å². The predicted octanol–water partition coefficient (Wildman–Crippen LogP) is 1.18. The summed E-state index contributed by atoms with van der Waals surface area (Å²) in [5.74, 6) is -1.45. The Labute approximate surface area is 105 Å². The third-order valence-electron chi connectivity index (χ3n) is 3.34. The Kier molecular flexibility index (Phi) is 3.32. The van der Waals surface area contributed by atoms with Crippen molar-refractivity contribution < 1.29 is 14.7 Å². The summed E-state index contributed by atoms with van der Waals surface area (Å²) < 4.78 is 0. The number of carboxylic acids is 1. The smallest absolute Gasteiger partial charge is 0.308 e. The number of hydrogen-bond donors (Lipinski definition) is 1. The zero-order valence-corrected chi connectivity index (χ0v) is 10.5. The summed E-state index contributed by atoms with van der Waals surface area (Å²) in [5.41, 5.74) is 1.44. The maximum Gasteiger partial charge on any atom is 0.308 e. The maximum atomic E-state index is 12.2. The maximum absolute atomic E-state index is 12.2. The highest BCUT2D eigenvalue weighted by Gasteiger charge is 2.37. The summed E-state index contributed by atoms with van der Waals surface area (Å²) in [6.45, 7) is 4.50. The Morgan fingerprint density at radius 1 is 1.39 bits per heavy atom. The second-order valence-corrected chi connectivity index (χ2v) is 4.88. The van der Waals surface area contributed by atoms with Crippen molar-refractivity contribution in [2.75, 3.05) is 13.1 Å². The zero-order valence-electron chi connectivity index (χ0n) is 10.5. The van der Waals surface area contributed by atoms with Gasteiger partial charge in [0.1, 0.15) is 0 Å². The highest BCUT2D eigenvalue weighted by Crippen LogP contribution is 2.24. The van der Waals surface area contributed by atoms with E-state index in [4.69, 9.17) is 5.11 Å². The van der Waals surface area contributed by atoms with Gasteiger partial charge in [0.05, 0.1) is 11.5 Å². The molecule has 1 aromatic heterocycles. The Balaban J connectivity index is 2.14. The van der Waals surface area contributed by atoms with Gasteiger partial charge in [0.15, 0.2) is 0 Å². The number of amides is 1. The average Bonchev–Trinajstić information content (AvgIpc) is 2.70. The van der Waals surface area contributed by atoms with Crippen molar-refractivity contribution in [3.05, 3.63) is 29.6 Å². The minimum absolute atomic E-state index is 0.00998. The van der Waals surface area contributed by atoms with E-state index in [9.17, 15) is 9.59 Å². The van der Waals surface area contributed by atoms with Crippen LogP contribution in [0.1, 0.15) is 22.8 Å². The van der Waals surface area contributed by atoms with Gasteiger partial charge in [-0.3, -0.25) is 14.6 Å². The number of likely N-dealkylation sites (tertiary alicyclic amines) is 1. The van der Waals surface area contributed by atoms with Gasteiger partial charge in [0, 0.05) is 25.5 Å². The minimum Gasteiger partial charge on any atom is -0.481 e. The number of aromatic nitrogens is 1. The minimum atomic E-state index is -0.833. The lowest BCUT2D eigenvalue weighted by Crippen LogP contribution is -2.30. The third kappa shape index (κ3) is 2.34. The zero-order chi connectivity index (χ0) is 13.3. The van der Waals surface area contributed by atoms with Gasteiger partial charge in [-0.1, -0.05) is 6.92 Å². The molecule has 2 rings (SSSR count). The lowest BCUT2D eigenvalue weighted by Gasteiger charge is -2.15. The van der Waals surface area contributed by atoms with E-state index in [1.165, 1.54) is 6.20 Å². The number of carbonyl (C=O) groups is 2. The number of carboxylic acid groups (broad SMARTS) is 1. The molecule has 0 aromatic carbocycles. The molecule has 0 aliphatic carbocycles. The van der Waals surface area contributed by atoms with Crippen LogP contribution in [-0.2, 0) is 4.79 Å². The number of aryl methyl sites for hydroxylation is 1. The van der Waals surface area contributed by atoms with Gasteiger partial charge >= 0.3 is 5.97 Å². The normalized spacial score (nSPS) is 23.1. The third-order valence-corrected chi connectivity index (χ3v) is 3.34. The van der Waals surface area contributed by atoms with Gasteiger partial charge in [-0.25, -0.2) is 0 Å². The first-order valence-electron chi connectivity index (χ1n) is 5.92. The SMILES string of the molecule is Cc1cncc(C(=O)N2C[C@@H](C)[C@H](C(=O)O)C2)c1. The van der Waals surface area contributed by atoms with E-state index in [1.54, 1.807) is 17.2 Å². The molecule has 0 saturated carbocycles. The van der Waals surface area contributed by atoms with Crippen molar-refractivity contribution in [2.24, 2.45) is 11.8 Å². The molecule has 18 heavy (non-hydrogen) atoms. The predicted molar refractivity (Wildman–Crippen MR) is 65.2 cm³/mol. The van der Waals surface area contributed by atoms with E-state index in [0.717, 1.165) is 5.56 Å². The fraction of sp³-hybridized carbons (Fsp3) is 0.462. The van der Waals surface area contributed by atoms with Gasteiger partial charge < -0.3 is 10.0 Å².